The molecular weight excluding hydrogens is 190 g/mol. The van der Waals surface area contributed by atoms with Crippen LogP contribution in [0.5, 0.6) is 0 Å². The van der Waals surface area contributed by atoms with Gasteiger partial charge >= 0.3 is 5.97 Å². The number of carboxylic acid groups (broad SMARTS) is 1. The Morgan fingerprint density at radius 3 is 2.46 bits per heavy atom. The number of carboxylic acids is 1. The molecule has 0 aliphatic rings. The minimum absolute atomic E-state index is 0. The van der Waals surface area contributed by atoms with Crippen molar-refractivity contribution in [3.8, 4) is 0 Å². The molecule has 0 aromatic carbocycles. The van der Waals surface area contributed by atoms with Crippen LogP contribution in [0.3, 0.4) is 0 Å². The fraction of sp³-hybridized carbons (Fsp3) is 0.889. The molecule has 0 atom stereocenters. The molecular formula is C9H20ClNO2. The fourth-order valence-corrected chi connectivity index (χ4v) is 0.880. The van der Waals surface area contributed by atoms with E-state index < -0.39 is 5.97 Å². The quantitative estimate of drug-likeness (QED) is 0.630. The van der Waals surface area contributed by atoms with Crippen LogP contribution >= 0.6 is 12.4 Å². The van der Waals surface area contributed by atoms with E-state index in [1.54, 1.807) is 0 Å². The molecule has 0 saturated heterocycles. The van der Waals surface area contributed by atoms with Crippen molar-refractivity contribution in [2.45, 2.75) is 33.1 Å². The average Bonchev–Trinajstić information content (AvgIpc) is 1.95. The van der Waals surface area contributed by atoms with Crippen LogP contribution in [0.1, 0.15) is 33.1 Å². The zero-order valence-corrected chi connectivity index (χ0v) is 9.19. The Bertz CT molecular complexity index is 129. The van der Waals surface area contributed by atoms with Crippen LogP contribution in [0, 0.1) is 5.92 Å². The second kappa shape index (κ2) is 9.81. The van der Waals surface area contributed by atoms with Crippen LogP contribution in [-0.4, -0.2) is 24.2 Å². The van der Waals surface area contributed by atoms with Crippen LogP contribution in [0.2, 0.25) is 0 Å². The van der Waals surface area contributed by atoms with Crippen molar-refractivity contribution in [1.82, 2.24) is 5.32 Å². The van der Waals surface area contributed by atoms with E-state index in [0.29, 0.717) is 0 Å². The van der Waals surface area contributed by atoms with Gasteiger partial charge in [0.05, 0.1) is 0 Å². The molecule has 0 saturated carbocycles. The highest BCUT2D eigenvalue weighted by Gasteiger charge is 1.96. The molecule has 3 nitrogen and oxygen atoms in total. The zero-order valence-electron chi connectivity index (χ0n) is 8.38. The first kappa shape index (κ1) is 15.2. The van der Waals surface area contributed by atoms with Crippen molar-refractivity contribution in [3.63, 3.8) is 0 Å². The third-order valence-corrected chi connectivity index (χ3v) is 1.64. The average molecular weight is 210 g/mol. The number of carbonyl (C=O) groups is 1. The van der Waals surface area contributed by atoms with E-state index in [2.05, 4.69) is 19.2 Å². The van der Waals surface area contributed by atoms with Gasteiger partial charge < -0.3 is 10.4 Å². The first-order valence-corrected chi connectivity index (χ1v) is 4.55. The Morgan fingerprint density at radius 1 is 1.38 bits per heavy atom. The number of hydrogen-bond acceptors (Lipinski definition) is 2. The van der Waals surface area contributed by atoms with Crippen molar-refractivity contribution in [1.29, 1.82) is 0 Å². The molecule has 4 heteroatoms. The summed E-state index contributed by atoms with van der Waals surface area (Å²) in [7, 11) is 0. The second-order valence-corrected chi connectivity index (χ2v) is 3.43. The first-order chi connectivity index (χ1) is 5.63. The van der Waals surface area contributed by atoms with Gasteiger partial charge in [-0.2, -0.15) is 0 Å². The number of nitrogens with one attached hydrogen (secondary N) is 1. The van der Waals surface area contributed by atoms with Crippen molar-refractivity contribution in [2.24, 2.45) is 5.92 Å². The molecule has 0 fully saturated rings. The lowest BCUT2D eigenvalue weighted by molar-refractivity contribution is -0.137. The predicted octanol–water partition coefficient (Wildman–Crippen LogP) is 1.91. The lowest BCUT2D eigenvalue weighted by Gasteiger charge is -2.05. The summed E-state index contributed by atoms with van der Waals surface area (Å²) in [4.78, 5) is 10.1. The summed E-state index contributed by atoms with van der Waals surface area (Å²) in [6, 6.07) is 0. The van der Waals surface area contributed by atoms with Gasteiger partial charge in [0.25, 0.3) is 0 Å². The van der Waals surface area contributed by atoms with Crippen LogP contribution in [0.25, 0.3) is 0 Å². The number of hydrogen-bond donors (Lipinski definition) is 2. The smallest absolute Gasteiger partial charge is 0.303 e. The SMILES string of the molecule is CC(C)CCNCCCC(=O)O.Cl. The molecule has 0 spiro atoms. The van der Waals surface area contributed by atoms with E-state index in [0.717, 1.165) is 31.8 Å². The minimum atomic E-state index is -0.708. The molecule has 80 valence electrons. The summed E-state index contributed by atoms with van der Waals surface area (Å²) in [5.74, 6) is 0.0117. The maximum atomic E-state index is 10.1. The third-order valence-electron chi connectivity index (χ3n) is 1.64. The van der Waals surface area contributed by atoms with Gasteiger partial charge in [0.15, 0.2) is 0 Å². The first-order valence-electron chi connectivity index (χ1n) is 4.55. The molecule has 0 heterocycles. The van der Waals surface area contributed by atoms with E-state index >= 15 is 0 Å². The number of rotatable bonds is 7. The molecule has 0 aromatic rings. The summed E-state index contributed by atoms with van der Waals surface area (Å²) < 4.78 is 0. The van der Waals surface area contributed by atoms with Gasteiger partial charge in [0.1, 0.15) is 0 Å². The molecule has 0 aliphatic heterocycles. The number of aliphatic carboxylic acids is 1. The van der Waals surface area contributed by atoms with Crippen LogP contribution in [0.15, 0.2) is 0 Å². The highest BCUT2D eigenvalue weighted by molar-refractivity contribution is 5.85. The van der Waals surface area contributed by atoms with E-state index in [4.69, 9.17) is 5.11 Å². The molecule has 0 amide bonds. The molecule has 0 radical (unpaired) electrons. The standard InChI is InChI=1S/C9H19NO2.ClH/c1-8(2)5-7-10-6-3-4-9(11)12;/h8,10H,3-7H2,1-2H3,(H,11,12);1H. The van der Waals surface area contributed by atoms with Gasteiger partial charge in [-0.3, -0.25) is 4.79 Å². The zero-order chi connectivity index (χ0) is 9.40. The van der Waals surface area contributed by atoms with Crippen molar-refractivity contribution >= 4 is 18.4 Å². The van der Waals surface area contributed by atoms with Crippen LogP contribution in [-0.2, 0) is 4.79 Å². The summed E-state index contributed by atoms with van der Waals surface area (Å²) >= 11 is 0. The summed E-state index contributed by atoms with van der Waals surface area (Å²) in [5.41, 5.74) is 0. The van der Waals surface area contributed by atoms with E-state index in [1.807, 2.05) is 0 Å². The van der Waals surface area contributed by atoms with E-state index in [1.165, 1.54) is 0 Å². The Balaban J connectivity index is 0. The lowest BCUT2D eigenvalue weighted by atomic mass is 10.1. The Hall–Kier alpha value is -0.280. The lowest BCUT2D eigenvalue weighted by Crippen LogP contribution is -2.18. The highest BCUT2D eigenvalue weighted by Crippen LogP contribution is 1.96. The maximum Gasteiger partial charge on any atom is 0.303 e. The molecule has 0 aromatic heterocycles. The van der Waals surface area contributed by atoms with Crippen molar-refractivity contribution in [3.05, 3.63) is 0 Å². The molecule has 13 heavy (non-hydrogen) atoms. The summed E-state index contributed by atoms with van der Waals surface area (Å²) in [5, 5.41) is 11.5. The van der Waals surface area contributed by atoms with Crippen molar-refractivity contribution in [2.75, 3.05) is 13.1 Å². The van der Waals surface area contributed by atoms with E-state index in [9.17, 15) is 4.79 Å². The maximum absolute atomic E-state index is 10.1. The topological polar surface area (TPSA) is 49.3 Å². The minimum Gasteiger partial charge on any atom is -0.481 e. The van der Waals surface area contributed by atoms with Crippen LogP contribution < -0.4 is 5.32 Å². The van der Waals surface area contributed by atoms with Gasteiger partial charge in [-0.05, 0) is 31.8 Å². The Labute approximate surface area is 86.3 Å². The van der Waals surface area contributed by atoms with Gasteiger partial charge in [-0.25, -0.2) is 0 Å². The summed E-state index contributed by atoms with van der Waals surface area (Å²) in [6.07, 6.45) is 2.16. The van der Waals surface area contributed by atoms with Gasteiger partial charge in [0.2, 0.25) is 0 Å². The number of halogens is 1. The second-order valence-electron chi connectivity index (χ2n) is 3.43. The summed E-state index contributed by atoms with van der Waals surface area (Å²) in [6.45, 7) is 6.17. The van der Waals surface area contributed by atoms with Gasteiger partial charge in [-0.15, -0.1) is 12.4 Å². The third kappa shape index (κ3) is 14.6. The molecule has 0 unspecified atom stereocenters. The largest absolute Gasteiger partial charge is 0.481 e. The molecule has 0 rings (SSSR count). The Morgan fingerprint density at radius 2 is 2.00 bits per heavy atom. The molecule has 0 bridgehead atoms. The van der Waals surface area contributed by atoms with Gasteiger partial charge in [-0.1, -0.05) is 13.8 Å². The fourth-order valence-electron chi connectivity index (χ4n) is 0.880. The Kier molecular flexibility index (Phi) is 11.5. The predicted molar refractivity (Wildman–Crippen MR) is 56.4 cm³/mol. The molecule has 0 aliphatic carbocycles. The van der Waals surface area contributed by atoms with Crippen LogP contribution in [0.4, 0.5) is 0 Å². The highest BCUT2D eigenvalue weighted by atomic mass is 35.5. The molecule has 2 N–H and O–H groups in total. The van der Waals surface area contributed by atoms with E-state index in [-0.39, 0.29) is 18.8 Å². The normalized spacial score (nSPS) is 9.77. The van der Waals surface area contributed by atoms with Gasteiger partial charge in [0, 0.05) is 6.42 Å². The monoisotopic (exact) mass is 209 g/mol. The van der Waals surface area contributed by atoms with Crippen molar-refractivity contribution < 1.29 is 9.90 Å².